The van der Waals surface area contributed by atoms with Gasteiger partial charge in [0.05, 0.1) is 13.2 Å². The maximum Gasteiger partial charge on any atom is 0.305 e. The van der Waals surface area contributed by atoms with E-state index in [9.17, 15) is 4.79 Å². The van der Waals surface area contributed by atoms with Crippen molar-refractivity contribution in [1.82, 2.24) is 0 Å². The van der Waals surface area contributed by atoms with Crippen molar-refractivity contribution >= 4 is 5.97 Å². The zero-order chi connectivity index (χ0) is 14.2. The minimum atomic E-state index is -0.100. The maximum atomic E-state index is 11.6. The van der Waals surface area contributed by atoms with E-state index in [0.29, 0.717) is 45.1 Å². The van der Waals surface area contributed by atoms with E-state index in [1.807, 2.05) is 0 Å². The molecule has 1 unspecified atom stereocenters. The fraction of sp³-hybridized carbons (Fsp3) is 0.812. The van der Waals surface area contributed by atoms with Gasteiger partial charge in [0.25, 0.3) is 0 Å². The highest BCUT2D eigenvalue weighted by Crippen LogP contribution is 2.52. The van der Waals surface area contributed by atoms with Crippen LogP contribution in [0.3, 0.4) is 0 Å². The molecule has 0 aromatic carbocycles. The first-order chi connectivity index (χ1) is 9.83. The van der Waals surface area contributed by atoms with E-state index in [1.165, 1.54) is 12.8 Å². The topological polar surface area (TPSA) is 61.5 Å². The van der Waals surface area contributed by atoms with Crippen LogP contribution >= 0.6 is 0 Å². The Morgan fingerprint density at radius 1 is 1.15 bits per heavy atom. The lowest BCUT2D eigenvalue weighted by molar-refractivity contribution is -0.144. The molecule has 0 amide bonds. The summed E-state index contributed by atoms with van der Waals surface area (Å²) in [5.41, 5.74) is 5.31. The van der Waals surface area contributed by atoms with E-state index >= 15 is 0 Å². The third-order valence-corrected chi connectivity index (χ3v) is 4.21. The quantitative estimate of drug-likeness (QED) is 0.417. The van der Waals surface area contributed by atoms with Gasteiger partial charge in [-0.3, -0.25) is 4.79 Å². The molecule has 2 aliphatic rings. The van der Waals surface area contributed by atoms with Crippen LogP contribution in [-0.2, 0) is 14.3 Å². The molecular weight excluding hydrogens is 254 g/mol. The summed E-state index contributed by atoms with van der Waals surface area (Å²) in [5.74, 6) is 8.35. The van der Waals surface area contributed by atoms with Crippen molar-refractivity contribution in [1.29, 1.82) is 0 Å². The summed E-state index contributed by atoms with van der Waals surface area (Å²) in [6.07, 6.45) is 5.51. The Morgan fingerprint density at radius 2 is 1.85 bits per heavy atom. The first kappa shape index (κ1) is 15.3. The molecule has 1 fully saturated rings. The molecule has 1 saturated carbocycles. The zero-order valence-electron chi connectivity index (χ0n) is 12.1. The second-order valence-electron chi connectivity index (χ2n) is 5.61. The molecule has 3 atom stereocenters. The standard InChI is InChI=1S/C16H25NO3/c17-9-11-19-10-5-8-16(18)20-12-15-13-6-3-1-2-4-7-14(13)15/h13-15H,3-12,17H2/t13-,14+,15?. The molecule has 2 aliphatic carbocycles. The average Bonchev–Trinajstić information content (AvgIpc) is 3.06. The van der Waals surface area contributed by atoms with Gasteiger partial charge in [0.2, 0.25) is 0 Å². The van der Waals surface area contributed by atoms with Crippen molar-refractivity contribution in [3.05, 3.63) is 0 Å². The predicted molar refractivity (Wildman–Crippen MR) is 76.8 cm³/mol. The number of hydrogen-bond donors (Lipinski definition) is 1. The van der Waals surface area contributed by atoms with Crippen LogP contribution in [0.25, 0.3) is 0 Å². The van der Waals surface area contributed by atoms with Gasteiger partial charge in [-0.15, -0.1) is 11.8 Å². The van der Waals surface area contributed by atoms with Crippen LogP contribution in [0.15, 0.2) is 0 Å². The van der Waals surface area contributed by atoms with Crippen molar-refractivity contribution in [2.75, 3.05) is 26.4 Å². The van der Waals surface area contributed by atoms with E-state index in [0.717, 1.165) is 24.7 Å². The highest BCUT2D eigenvalue weighted by Gasteiger charge is 2.49. The van der Waals surface area contributed by atoms with Crippen LogP contribution in [0.5, 0.6) is 0 Å². The van der Waals surface area contributed by atoms with Gasteiger partial charge in [-0.25, -0.2) is 0 Å². The first-order valence-corrected chi connectivity index (χ1v) is 7.72. The van der Waals surface area contributed by atoms with Gasteiger partial charge in [0.1, 0.15) is 0 Å². The van der Waals surface area contributed by atoms with Crippen LogP contribution in [-0.4, -0.2) is 32.3 Å². The number of ether oxygens (including phenoxy) is 2. The lowest BCUT2D eigenvalue weighted by Crippen LogP contribution is -2.12. The van der Waals surface area contributed by atoms with E-state index in [-0.39, 0.29) is 5.97 Å². The molecule has 0 aromatic heterocycles. The SMILES string of the molecule is NCCOCCCC(=O)OCC1[C@H]2CCC#CCC[C@@H]12. The van der Waals surface area contributed by atoms with Gasteiger partial charge in [0, 0.05) is 32.4 Å². The highest BCUT2D eigenvalue weighted by molar-refractivity contribution is 5.69. The van der Waals surface area contributed by atoms with E-state index in [1.54, 1.807) is 0 Å². The molecule has 0 bridgehead atoms. The molecule has 0 aliphatic heterocycles. The molecule has 0 spiro atoms. The molecule has 0 radical (unpaired) electrons. The molecule has 2 rings (SSSR count). The van der Waals surface area contributed by atoms with Crippen LogP contribution in [0.4, 0.5) is 0 Å². The molecule has 2 N–H and O–H groups in total. The van der Waals surface area contributed by atoms with Gasteiger partial charge in [0.15, 0.2) is 0 Å². The Balaban J connectivity index is 1.54. The Bertz CT molecular complexity index is 354. The van der Waals surface area contributed by atoms with Crippen molar-refractivity contribution < 1.29 is 14.3 Å². The van der Waals surface area contributed by atoms with Crippen molar-refractivity contribution in [2.45, 2.75) is 38.5 Å². The van der Waals surface area contributed by atoms with E-state index in [4.69, 9.17) is 15.2 Å². The lowest BCUT2D eigenvalue weighted by atomic mass is 10.1. The smallest absolute Gasteiger partial charge is 0.305 e. The van der Waals surface area contributed by atoms with Crippen molar-refractivity contribution in [3.8, 4) is 11.8 Å². The Hall–Kier alpha value is -1.05. The van der Waals surface area contributed by atoms with Gasteiger partial charge < -0.3 is 15.2 Å². The van der Waals surface area contributed by atoms with Gasteiger partial charge >= 0.3 is 5.97 Å². The van der Waals surface area contributed by atoms with Gasteiger partial charge in [-0.2, -0.15) is 0 Å². The minimum absolute atomic E-state index is 0.100. The number of nitrogens with two attached hydrogens (primary N) is 1. The number of hydrogen-bond acceptors (Lipinski definition) is 4. The predicted octanol–water partition coefficient (Wildman–Crippen LogP) is 1.72. The van der Waals surface area contributed by atoms with Crippen LogP contribution in [0, 0.1) is 29.6 Å². The average molecular weight is 279 g/mol. The molecular formula is C16H25NO3. The normalized spacial score (nSPS) is 27.6. The number of fused-ring (bicyclic) bond motifs is 1. The molecule has 112 valence electrons. The summed E-state index contributed by atoms with van der Waals surface area (Å²) in [6.45, 7) is 2.26. The maximum absolute atomic E-state index is 11.6. The van der Waals surface area contributed by atoms with E-state index in [2.05, 4.69) is 11.8 Å². The monoisotopic (exact) mass is 279 g/mol. The number of rotatable bonds is 8. The summed E-state index contributed by atoms with van der Waals surface area (Å²) < 4.78 is 10.6. The Labute approximate surface area is 121 Å². The first-order valence-electron chi connectivity index (χ1n) is 7.72. The minimum Gasteiger partial charge on any atom is -0.465 e. The lowest BCUT2D eigenvalue weighted by Gasteiger charge is -2.05. The number of carbonyl (C=O) groups is 1. The van der Waals surface area contributed by atoms with Crippen LogP contribution in [0.2, 0.25) is 0 Å². The molecule has 4 heteroatoms. The second kappa shape index (κ2) is 8.28. The molecule has 0 saturated heterocycles. The Morgan fingerprint density at radius 3 is 2.50 bits per heavy atom. The fourth-order valence-corrected chi connectivity index (χ4v) is 3.05. The third-order valence-electron chi connectivity index (χ3n) is 4.21. The Kier molecular flexibility index (Phi) is 6.35. The molecule has 0 aromatic rings. The molecule has 0 heterocycles. The summed E-state index contributed by atoms with van der Waals surface area (Å²) in [5, 5.41) is 0. The van der Waals surface area contributed by atoms with Crippen LogP contribution < -0.4 is 5.73 Å². The second-order valence-corrected chi connectivity index (χ2v) is 5.61. The van der Waals surface area contributed by atoms with Gasteiger partial charge in [-0.05, 0) is 37.0 Å². The molecule has 20 heavy (non-hydrogen) atoms. The summed E-state index contributed by atoms with van der Waals surface area (Å²) in [4.78, 5) is 11.6. The van der Waals surface area contributed by atoms with Crippen molar-refractivity contribution in [3.63, 3.8) is 0 Å². The number of esters is 1. The highest BCUT2D eigenvalue weighted by atomic mass is 16.5. The van der Waals surface area contributed by atoms with E-state index < -0.39 is 0 Å². The summed E-state index contributed by atoms with van der Waals surface area (Å²) in [7, 11) is 0. The zero-order valence-corrected chi connectivity index (χ0v) is 12.1. The summed E-state index contributed by atoms with van der Waals surface area (Å²) >= 11 is 0. The van der Waals surface area contributed by atoms with Crippen LogP contribution in [0.1, 0.15) is 38.5 Å². The summed E-state index contributed by atoms with van der Waals surface area (Å²) in [6, 6.07) is 0. The van der Waals surface area contributed by atoms with Gasteiger partial charge in [-0.1, -0.05) is 0 Å². The molecule has 4 nitrogen and oxygen atoms in total. The van der Waals surface area contributed by atoms with Crippen molar-refractivity contribution in [2.24, 2.45) is 23.5 Å². The third kappa shape index (κ3) is 4.81. The number of carbonyl (C=O) groups excluding carboxylic acids is 1. The largest absolute Gasteiger partial charge is 0.465 e. The fourth-order valence-electron chi connectivity index (χ4n) is 3.05.